The minimum Gasteiger partial charge on any atom is -0.375 e. The summed E-state index contributed by atoms with van der Waals surface area (Å²) in [6, 6.07) is 7.79. The van der Waals surface area contributed by atoms with Crippen LogP contribution in [0.2, 0.25) is 0 Å². The minimum absolute atomic E-state index is 0.0296. The highest BCUT2D eigenvalue weighted by Crippen LogP contribution is 2.34. The molecule has 0 saturated carbocycles. The van der Waals surface area contributed by atoms with E-state index in [9.17, 15) is 0 Å². The molecule has 2 aliphatic rings. The van der Waals surface area contributed by atoms with Crippen LogP contribution in [0.25, 0.3) is 11.0 Å². The molecule has 8 nitrogen and oxygen atoms in total. The Bertz CT molecular complexity index is 760. The van der Waals surface area contributed by atoms with Crippen LogP contribution < -0.4 is 11.2 Å². The number of thiocarbonyl (C=S) groups is 1. The smallest absolute Gasteiger partial charge is 0.199 e. The lowest BCUT2D eigenvalue weighted by Gasteiger charge is -2.28. The van der Waals surface area contributed by atoms with E-state index in [1.165, 1.54) is 0 Å². The monoisotopic (exact) mass is 318 g/mol. The molecule has 9 heteroatoms. The van der Waals surface area contributed by atoms with E-state index in [1.807, 2.05) is 28.9 Å². The van der Waals surface area contributed by atoms with Crippen molar-refractivity contribution in [3.05, 3.63) is 24.3 Å². The molecule has 1 aromatic carbocycles. The first-order chi connectivity index (χ1) is 10.7. The van der Waals surface area contributed by atoms with Crippen molar-refractivity contribution in [2.24, 2.45) is 10.8 Å². The molecule has 1 aromatic heterocycles. The number of nitrogens with zero attached hydrogens (tertiary/aromatic N) is 4. The van der Waals surface area contributed by atoms with Gasteiger partial charge in [0.15, 0.2) is 11.4 Å². The Hall–Kier alpha value is -2.10. The van der Waals surface area contributed by atoms with Gasteiger partial charge in [0.05, 0.1) is 23.9 Å². The Kier molecular flexibility index (Phi) is 3.25. The summed E-state index contributed by atoms with van der Waals surface area (Å²) in [6.07, 6.45) is 0.120. The van der Waals surface area contributed by atoms with E-state index in [4.69, 9.17) is 27.4 Å². The summed E-state index contributed by atoms with van der Waals surface area (Å²) >= 11 is 4.77. The van der Waals surface area contributed by atoms with Gasteiger partial charge in [0, 0.05) is 6.42 Å². The third kappa shape index (κ3) is 2.23. The largest absolute Gasteiger partial charge is 0.375 e. The minimum atomic E-state index is -0.446. The summed E-state index contributed by atoms with van der Waals surface area (Å²) < 4.78 is 13.4. The number of hydrogen-bond donors (Lipinski definition) is 2. The number of benzene rings is 1. The fraction of sp³-hybridized carbons (Fsp3) is 0.385. The second kappa shape index (κ2) is 5.27. The number of aromatic nitrogens is 3. The van der Waals surface area contributed by atoms with E-state index in [0.29, 0.717) is 18.7 Å². The molecular formula is C13H14N6O2S. The topological polar surface area (TPSA) is 99.6 Å². The molecule has 2 saturated heterocycles. The molecule has 22 heavy (non-hydrogen) atoms. The number of para-hydroxylation sites is 1. The number of nitrogens with two attached hydrogens (primary N) is 1. The average Bonchev–Trinajstić information content (AvgIpc) is 3.12. The van der Waals surface area contributed by atoms with E-state index in [2.05, 4.69) is 20.8 Å². The van der Waals surface area contributed by atoms with Gasteiger partial charge in [0.1, 0.15) is 11.6 Å². The first-order valence-corrected chi connectivity index (χ1v) is 7.32. The second-order valence-electron chi connectivity index (χ2n) is 5.21. The third-order valence-corrected chi connectivity index (χ3v) is 3.92. The van der Waals surface area contributed by atoms with Gasteiger partial charge in [-0.05, 0) is 24.4 Å². The van der Waals surface area contributed by atoms with E-state index in [-0.39, 0.29) is 17.3 Å². The summed E-state index contributed by atoms with van der Waals surface area (Å²) in [4.78, 5) is 0. The van der Waals surface area contributed by atoms with Crippen LogP contribution >= 0.6 is 12.2 Å². The lowest BCUT2D eigenvalue weighted by molar-refractivity contribution is -0.0317. The van der Waals surface area contributed by atoms with Gasteiger partial charge in [-0.1, -0.05) is 17.3 Å². The Labute approximate surface area is 131 Å². The maximum absolute atomic E-state index is 5.86. The quantitative estimate of drug-likeness (QED) is 0.607. The lowest BCUT2D eigenvalue weighted by Crippen LogP contribution is -2.39. The highest BCUT2D eigenvalue weighted by atomic mass is 32.1. The molecule has 3 N–H and O–H groups in total. The van der Waals surface area contributed by atoms with Gasteiger partial charge in [-0.3, -0.25) is 5.43 Å². The Morgan fingerprint density at radius 2 is 2.32 bits per heavy atom. The van der Waals surface area contributed by atoms with Crippen LogP contribution in [0.1, 0.15) is 12.5 Å². The molecule has 2 fully saturated rings. The van der Waals surface area contributed by atoms with Gasteiger partial charge < -0.3 is 15.2 Å². The van der Waals surface area contributed by atoms with Gasteiger partial charge in [-0.15, -0.1) is 5.10 Å². The molecule has 0 amide bonds. The van der Waals surface area contributed by atoms with Crippen molar-refractivity contribution in [3.63, 3.8) is 0 Å². The van der Waals surface area contributed by atoms with E-state index >= 15 is 0 Å². The molecule has 114 valence electrons. The van der Waals surface area contributed by atoms with Crippen LogP contribution in [-0.4, -0.2) is 44.8 Å². The Morgan fingerprint density at radius 1 is 1.45 bits per heavy atom. The zero-order chi connectivity index (χ0) is 15.1. The predicted octanol–water partition coefficient (Wildman–Crippen LogP) is 0.307. The molecule has 2 bridgehead atoms. The molecule has 2 aliphatic heterocycles. The van der Waals surface area contributed by atoms with Crippen LogP contribution in [0.4, 0.5) is 0 Å². The number of hydrogen-bond acceptors (Lipinski definition) is 6. The highest BCUT2D eigenvalue weighted by Gasteiger charge is 2.43. The number of rotatable bonds is 2. The molecular weight excluding hydrogens is 304 g/mol. The first kappa shape index (κ1) is 13.6. The molecule has 0 aliphatic carbocycles. The van der Waals surface area contributed by atoms with Crippen molar-refractivity contribution in [1.29, 1.82) is 0 Å². The summed E-state index contributed by atoms with van der Waals surface area (Å²) in [5, 5.41) is 12.8. The van der Waals surface area contributed by atoms with E-state index in [0.717, 1.165) is 11.0 Å². The molecule has 2 aromatic rings. The lowest BCUT2D eigenvalue weighted by atomic mass is 10.0. The van der Waals surface area contributed by atoms with Gasteiger partial charge >= 0.3 is 0 Å². The van der Waals surface area contributed by atoms with Gasteiger partial charge in [-0.2, -0.15) is 5.10 Å². The molecule has 0 unspecified atom stereocenters. The SMILES string of the molecule is NC(=S)NN=C1C[C@@H](n2nnc3ccccc32)[C@H]2CO[C@@H]1O2. The zero-order valence-electron chi connectivity index (χ0n) is 11.5. The van der Waals surface area contributed by atoms with Crippen LogP contribution in [-0.2, 0) is 9.47 Å². The molecule has 4 rings (SSSR count). The Balaban J connectivity index is 1.69. The van der Waals surface area contributed by atoms with Crippen LogP contribution in [0, 0.1) is 0 Å². The fourth-order valence-electron chi connectivity index (χ4n) is 2.84. The van der Waals surface area contributed by atoms with Crippen molar-refractivity contribution in [2.75, 3.05) is 6.61 Å². The molecule has 3 atom stereocenters. The van der Waals surface area contributed by atoms with Gasteiger partial charge in [-0.25, -0.2) is 4.68 Å². The van der Waals surface area contributed by atoms with E-state index in [1.54, 1.807) is 0 Å². The van der Waals surface area contributed by atoms with Crippen molar-refractivity contribution >= 4 is 34.1 Å². The second-order valence-corrected chi connectivity index (χ2v) is 5.65. The fourth-order valence-corrected chi connectivity index (χ4v) is 2.88. The van der Waals surface area contributed by atoms with E-state index < -0.39 is 6.29 Å². The van der Waals surface area contributed by atoms with Crippen molar-refractivity contribution in [3.8, 4) is 0 Å². The standard InChI is InChI=1S/C13H14N6O2S/c14-13(22)17-15-8-5-10(11-6-20-12(8)21-11)19-9-4-2-1-3-7(9)16-18-19/h1-4,10-12H,5-6H2,(H3,14,17,22)/t10-,11-,12-/m1/s1. The molecule has 3 heterocycles. The first-order valence-electron chi connectivity index (χ1n) is 6.91. The van der Waals surface area contributed by atoms with Crippen LogP contribution in [0.15, 0.2) is 29.4 Å². The summed E-state index contributed by atoms with van der Waals surface area (Å²) in [5.74, 6) is 0. The van der Waals surface area contributed by atoms with Crippen LogP contribution in [0.3, 0.4) is 0 Å². The normalized spacial score (nSPS) is 29.1. The summed E-state index contributed by atoms with van der Waals surface area (Å²) in [5.41, 5.74) is 10.5. The number of fused-ring (bicyclic) bond motifs is 3. The number of hydrazone groups is 1. The zero-order valence-corrected chi connectivity index (χ0v) is 12.4. The van der Waals surface area contributed by atoms with Crippen LogP contribution in [0.5, 0.6) is 0 Å². The number of nitrogens with one attached hydrogen (secondary N) is 1. The van der Waals surface area contributed by atoms with Crippen molar-refractivity contribution in [2.45, 2.75) is 24.9 Å². The predicted molar refractivity (Wildman–Crippen MR) is 83.2 cm³/mol. The molecule has 0 radical (unpaired) electrons. The highest BCUT2D eigenvalue weighted by molar-refractivity contribution is 7.80. The van der Waals surface area contributed by atoms with Gasteiger partial charge in [0.2, 0.25) is 0 Å². The van der Waals surface area contributed by atoms with Crippen molar-refractivity contribution < 1.29 is 9.47 Å². The van der Waals surface area contributed by atoms with Gasteiger partial charge in [0.25, 0.3) is 0 Å². The summed E-state index contributed by atoms with van der Waals surface area (Å²) in [7, 11) is 0. The third-order valence-electron chi connectivity index (χ3n) is 3.83. The Morgan fingerprint density at radius 3 is 3.18 bits per heavy atom. The summed E-state index contributed by atoms with van der Waals surface area (Å²) in [6.45, 7) is 0.496. The maximum atomic E-state index is 5.86. The number of ether oxygens (including phenoxy) is 2. The van der Waals surface area contributed by atoms with Crippen molar-refractivity contribution in [1.82, 2.24) is 20.4 Å². The maximum Gasteiger partial charge on any atom is 0.199 e. The molecule has 0 spiro atoms. The average molecular weight is 318 g/mol.